The molecule has 1 aromatic rings. The van der Waals surface area contributed by atoms with Gasteiger partial charge >= 0.3 is 5.69 Å². The third kappa shape index (κ3) is 7.50. The number of ether oxygens (including phenoxy) is 2. The van der Waals surface area contributed by atoms with Crippen LogP contribution in [0.3, 0.4) is 0 Å². The van der Waals surface area contributed by atoms with E-state index >= 15 is 0 Å². The van der Waals surface area contributed by atoms with Gasteiger partial charge in [0.05, 0.1) is 15.5 Å². The fraction of sp³-hybridized carbons (Fsp3) is 0.810. The Balaban J connectivity index is 2.26. The van der Waals surface area contributed by atoms with Crippen molar-refractivity contribution in [1.29, 1.82) is 0 Å². The Morgan fingerprint density at radius 2 is 1.94 bits per heavy atom. The molecule has 31 heavy (non-hydrogen) atoms. The summed E-state index contributed by atoms with van der Waals surface area (Å²) in [4.78, 5) is 26.5. The van der Waals surface area contributed by atoms with Crippen molar-refractivity contribution < 1.29 is 16.6 Å². The minimum Gasteiger partial charge on any atom is -0.414 e. The second-order valence-electron chi connectivity index (χ2n) is 10.4. The summed E-state index contributed by atoms with van der Waals surface area (Å²) in [6, 6.07) is 0. The molecule has 7 nitrogen and oxygen atoms in total. The lowest BCUT2D eigenvalue weighted by molar-refractivity contribution is -0.0528. The molecule has 1 aliphatic rings. The van der Waals surface area contributed by atoms with Gasteiger partial charge in [-0.3, -0.25) is 14.3 Å². The van der Waals surface area contributed by atoms with Gasteiger partial charge in [-0.2, -0.15) is 0 Å². The molecule has 0 amide bonds. The number of aryl methyl sites for hydroxylation is 1. The number of hydrogen-bond acceptors (Lipinski definition) is 7. The largest absolute Gasteiger partial charge is 0.414 e. The lowest BCUT2D eigenvalue weighted by Crippen LogP contribution is -2.44. The van der Waals surface area contributed by atoms with Crippen LogP contribution in [-0.2, 0) is 13.9 Å². The molecular formula is C21H38N2O5S2Si. The summed E-state index contributed by atoms with van der Waals surface area (Å²) in [5.74, 6) is -1.96. The zero-order valence-electron chi connectivity index (χ0n) is 22.0. The monoisotopic (exact) mass is 492 g/mol. The van der Waals surface area contributed by atoms with Crippen molar-refractivity contribution in [3.63, 3.8) is 0 Å². The SMILES string of the molecule is [2H]C([2H])(OC1C[C@H](n2cc(C)c(=O)[nH]c2=O)O[C@@H]1CO[Si](C)(C)C(C)(C)C)SSC(C)(C)C. The van der Waals surface area contributed by atoms with Gasteiger partial charge in [0.25, 0.3) is 5.56 Å². The van der Waals surface area contributed by atoms with Crippen LogP contribution in [0, 0.1) is 6.92 Å². The molecule has 1 unspecified atom stereocenters. The predicted octanol–water partition coefficient (Wildman–Crippen LogP) is 4.68. The van der Waals surface area contributed by atoms with E-state index in [4.69, 9.17) is 16.6 Å². The van der Waals surface area contributed by atoms with Gasteiger partial charge in [-0.15, -0.1) is 0 Å². The van der Waals surface area contributed by atoms with E-state index in [-0.39, 0.29) is 22.8 Å². The maximum Gasteiger partial charge on any atom is 0.330 e. The normalized spacial score (nSPS) is 24.2. The molecule has 2 rings (SSSR count). The summed E-state index contributed by atoms with van der Waals surface area (Å²) >= 11 is 0. The molecule has 0 aliphatic carbocycles. The maximum atomic E-state index is 12.4. The van der Waals surface area contributed by atoms with E-state index in [0.717, 1.165) is 10.8 Å². The molecule has 0 radical (unpaired) electrons. The Bertz CT molecular complexity index is 940. The highest BCUT2D eigenvalue weighted by molar-refractivity contribution is 8.77. The first-order chi connectivity index (χ1) is 14.8. The van der Waals surface area contributed by atoms with E-state index in [1.54, 1.807) is 6.92 Å². The fourth-order valence-corrected chi connectivity index (χ4v) is 5.11. The highest BCUT2D eigenvalue weighted by Crippen LogP contribution is 2.39. The van der Waals surface area contributed by atoms with E-state index in [1.807, 2.05) is 20.8 Å². The number of aromatic nitrogens is 2. The molecule has 0 saturated carbocycles. The Labute approximate surface area is 197 Å². The standard InChI is InChI=1S/C21H38N2O5S2Si/c1-14-11-23(19(25)22-18(14)24)17-10-15(26-13-29-30-20(2,3)4)16(28-17)12-27-31(8,9)21(5,6)7/h11,15-17H,10,12-13H2,1-9H3,(H,22,24,25)/t15?,16-,17-/m1/s1/i13D2. The Morgan fingerprint density at radius 3 is 2.52 bits per heavy atom. The Hall–Kier alpha value is -0.523. The third-order valence-electron chi connectivity index (χ3n) is 5.58. The molecule has 1 fully saturated rings. The zero-order chi connectivity index (χ0) is 25.4. The second kappa shape index (κ2) is 10.2. The van der Waals surface area contributed by atoms with Crippen molar-refractivity contribution in [2.45, 2.75) is 96.2 Å². The number of nitrogens with one attached hydrogen (secondary N) is 1. The Kier molecular flexibility index (Phi) is 7.75. The van der Waals surface area contributed by atoms with Gasteiger partial charge in [-0.25, -0.2) is 4.79 Å². The van der Waals surface area contributed by atoms with Gasteiger partial charge in [-0.05, 0) is 25.1 Å². The molecule has 178 valence electrons. The number of H-pyrrole nitrogens is 1. The minimum atomic E-state index is -2.08. The van der Waals surface area contributed by atoms with Crippen LogP contribution < -0.4 is 11.2 Å². The molecule has 0 aromatic carbocycles. The van der Waals surface area contributed by atoms with E-state index < -0.39 is 43.9 Å². The number of nitrogens with zero attached hydrogens (tertiary/aromatic N) is 1. The van der Waals surface area contributed by atoms with E-state index in [2.05, 4.69) is 38.8 Å². The summed E-state index contributed by atoms with van der Waals surface area (Å²) in [6.07, 6.45) is -0.140. The minimum absolute atomic E-state index is 0.00211. The number of hydrogen-bond donors (Lipinski definition) is 1. The highest BCUT2D eigenvalue weighted by atomic mass is 33.1. The average molecular weight is 493 g/mol. The van der Waals surface area contributed by atoms with Crippen LogP contribution in [0.5, 0.6) is 0 Å². The summed E-state index contributed by atoms with van der Waals surface area (Å²) in [6.45, 7) is 18.6. The van der Waals surface area contributed by atoms with Crippen LogP contribution in [0.25, 0.3) is 0 Å². The van der Waals surface area contributed by atoms with Gasteiger partial charge in [0.15, 0.2) is 8.32 Å². The van der Waals surface area contributed by atoms with Crippen LogP contribution in [0.4, 0.5) is 0 Å². The molecule has 1 aromatic heterocycles. The first-order valence-electron chi connectivity index (χ1n) is 11.5. The van der Waals surface area contributed by atoms with Crippen LogP contribution in [0.1, 0.15) is 62.5 Å². The first kappa shape index (κ1) is 23.6. The molecule has 1 saturated heterocycles. The number of rotatable bonds is 8. The van der Waals surface area contributed by atoms with Crippen LogP contribution in [0.2, 0.25) is 18.1 Å². The van der Waals surface area contributed by atoms with Gasteiger partial charge in [0.2, 0.25) is 0 Å². The zero-order valence-corrected chi connectivity index (χ0v) is 22.7. The lowest BCUT2D eigenvalue weighted by atomic mass is 10.2. The van der Waals surface area contributed by atoms with Crippen LogP contribution in [0.15, 0.2) is 15.8 Å². The van der Waals surface area contributed by atoms with Crippen molar-refractivity contribution >= 4 is 29.9 Å². The van der Waals surface area contributed by atoms with Gasteiger partial charge in [-0.1, -0.05) is 63.1 Å². The van der Waals surface area contributed by atoms with Crippen molar-refractivity contribution in [3.8, 4) is 0 Å². The summed E-state index contributed by atoms with van der Waals surface area (Å²) in [5.41, 5.74) is -0.614. The fourth-order valence-electron chi connectivity index (χ4n) is 2.68. The topological polar surface area (TPSA) is 82.6 Å². The number of aromatic amines is 1. The summed E-state index contributed by atoms with van der Waals surface area (Å²) in [5, 5.41) is 0.00211. The average Bonchev–Trinajstić information content (AvgIpc) is 3.02. The molecule has 0 bridgehead atoms. The van der Waals surface area contributed by atoms with Crippen LogP contribution in [-0.4, -0.2) is 47.3 Å². The molecular weight excluding hydrogens is 452 g/mol. The highest BCUT2D eigenvalue weighted by Gasteiger charge is 2.42. The van der Waals surface area contributed by atoms with Gasteiger partial charge < -0.3 is 13.9 Å². The van der Waals surface area contributed by atoms with Crippen LogP contribution >= 0.6 is 21.6 Å². The van der Waals surface area contributed by atoms with Crippen molar-refractivity contribution in [2.24, 2.45) is 0 Å². The molecule has 1 N–H and O–H groups in total. The van der Waals surface area contributed by atoms with Crippen molar-refractivity contribution in [1.82, 2.24) is 9.55 Å². The van der Waals surface area contributed by atoms with Crippen molar-refractivity contribution in [2.75, 3.05) is 12.5 Å². The lowest BCUT2D eigenvalue weighted by Gasteiger charge is -2.37. The van der Waals surface area contributed by atoms with E-state index in [9.17, 15) is 9.59 Å². The first-order valence-corrected chi connectivity index (χ1v) is 15.5. The molecule has 0 spiro atoms. The smallest absolute Gasteiger partial charge is 0.330 e. The van der Waals surface area contributed by atoms with Gasteiger partial charge in [0, 0.05) is 22.9 Å². The molecule has 1 aliphatic heterocycles. The van der Waals surface area contributed by atoms with Gasteiger partial charge in [0.1, 0.15) is 18.2 Å². The predicted molar refractivity (Wildman–Crippen MR) is 132 cm³/mol. The summed E-state index contributed by atoms with van der Waals surface area (Å²) < 4.78 is 36.4. The Morgan fingerprint density at radius 1 is 1.29 bits per heavy atom. The summed E-state index contributed by atoms with van der Waals surface area (Å²) in [7, 11) is 0.353. The maximum absolute atomic E-state index is 12.4. The second-order valence-corrected chi connectivity index (χ2v) is 18.0. The molecule has 3 atom stereocenters. The van der Waals surface area contributed by atoms with Crippen molar-refractivity contribution in [3.05, 3.63) is 32.6 Å². The quantitative estimate of drug-likeness (QED) is 0.320. The third-order valence-corrected chi connectivity index (χ3v) is 12.8. The molecule has 2 heterocycles. The van der Waals surface area contributed by atoms with E-state index in [0.29, 0.717) is 5.56 Å². The van der Waals surface area contributed by atoms with E-state index in [1.165, 1.54) is 21.6 Å². The molecule has 10 heteroatoms.